The van der Waals surface area contributed by atoms with Crippen molar-refractivity contribution in [2.75, 3.05) is 0 Å². The van der Waals surface area contributed by atoms with E-state index in [4.69, 9.17) is 4.74 Å². The molecule has 1 N–H and O–H groups in total. The molecule has 6 nitrogen and oxygen atoms in total. The van der Waals surface area contributed by atoms with E-state index in [0.717, 1.165) is 16.0 Å². The second-order valence-electron chi connectivity index (χ2n) is 6.87. The van der Waals surface area contributed by atoms with E-state index in [1.807, 2.05) is 36.4 Å². The number of nitrogens with zero attached hydrogens (tertiary/aromatic N) is 3. The Bertz CT molecular complexity index is 1360. The van der Waals surface area contributed by atoms with Gasteiger partial charge < -0.3 is 9.72 Å². The summed E-state index contributed by atoms with van der Waals surface area (Å²) in [5, 5.41) is 4.26. The van der Waals surface area contributed by atoms with Gasteiger partial charge in [-0.25, -0.2) is 0 Å². The van der Waals surface area contributed by atoms with E-state index in [0.29, 0.717) is 17.1 Å². The summed E-state index contributed by atoms with van der Waals surface area (Å²) < 4.78 is 7.10. The van der Waals surface area contributed by atoms with Crippen LogP contribution in [0.15, 0.2) is 106 Å². The van der Waals surface area contributed by atoms with Gasteiger partial charge in [-0.1, -0.05) is 42.1 Å². The Labute approximate surface area is 182 Å². The normalized spacial score (nSPS) is 11.0. The van der Waals surface area contributed by atoms with Crippen LogP contribution in [0.5, 0.6) is 5.75 Å². The van der Waals surface area contributed by atoms with Crippen LogP contribution in [0.3, 0.4) is 0 Å². The summed E-state index contributed by atoms with van der Waals surface area (Å²) in [6.45, 7) is 0.231. The minimum atomic E-state index is -0.207. The van der Waals surface area contributed by atoms with Gasteiger partial charge in [0, 0.05) is 27.6 Å². The molecule has 7 heteroatoms. The number of ether oxygens (including phenoxy) is 1. The van der Waals surface area contributed by atoms with E-state index in [-0.39, 0.29) is 12.2 Å². The standard InChI is InChI=1S/C24H18N4O2S/c29-23-13-18(16-30-19-5-4-12-25-14-19)27-24-22(15-26-28(23)24)17-8-10-21(11-9-17)31-20-6-2-1-3-7-20/h1-15,27H,16H2. The van der Waals surface area contributed by atoms with E-state index >= 15 is 0 Å². The van der Waals surface area contributed by atoms with Crippen LogP contribution in [-0.2, 0) is 6.61 Å². The van der Waals surface area contributed by atoms with Gasteiger partial charge in [0.2, 0.25) is 0 Å². The lowest BCUT2D eigenvalue weighted by Crippen LogP contribution is -2.16. The topological polar surface area (TPSA) is 72.3 Å². The summed E-state index contributed by atoms with van der Waals surface area (Å²) >= 11 is 1.71. The van der Waals surface area contributed by atoms with E-state index in [1.54, 1.807) is 36.4 Å². The summed E-state index contributed by atoms with van der Waals surface area (Å²) in [5.74, 6) is 0.642. The molecule has 0 fully saturated rings. The molecule has 0 saturated heterocycles. The molecular weight excluding hydrogens is 408 g/mol. The van der Waals surface area contributed by atoms with Crippen molar-refractivity contribution in [1.82, 2.24) is 19.6 Å². The molecule has 0 atom stereocenters. The quantitative estimate of drug-likeness (QED) is 0.422. The third-order valence-corrected chi connectivity index (χ3v) is 5.74. The second-order valence-corrected chi connectivity index (χ2v) is 8.02. The van der Waals surface area contributed by atoms with Gasteiger partial charge >= 0.3 is 0 Å². The fraction of sp³-hybridized carbons (Fsp3) is 0.0417. The number of aromatic amines is 1. The summed E-state index contributed by atoms with van der Waals surface area (Å²) in [7, 11) is 0. The number of nitrogens with one attached hydrogen (secondary N) is 1. The lowest BCUT2D eigenvalue weighted by molar-refractivity contribution is 0.300. The number of benzene rings is 2. The van der Waals surface area contributed by atoms with Gasteiger partial charge in [-0.15, -0.1) is 0 Å². The maximum atomic E-state index is 12.5. The van der Waals surface area contributed by atoms with Crippen LogP contribution >= 0.6 is 11.8 Å². The van der Waals surface area contributed by atoms with Crippen LogP contribution < -0.4 is 10.3 Å². The van der Waals surface area contributed by atoms with E-state index in [2.05, 4.69) is 39.3 Å². The Morgan fingerprint density at radius 3 is 2.52 bits per heavy atom. The lowest BCUT2D eigenvalue weighted by Gasteiger charge is -2.07. The van der Waals surface area contributed by atoms with Crippen LogP contribution in [0.4, 0.5) is 0 Å². The second kappa shape index (κ2) is 8.49. The van der Waals surface area contributed by atoms with Crippen molar-refractivity contribution >= 4 is 17.4 Å². The first-order valence-corrected chi connectivity index (χ1v) is 10.5. The third kappa shape index (κ3) is 4.22. The number of aromatic nitrogens is 4. The maximum absolute atomic E-state index is 12.5. The molecule has 0 aliphatic rings. The molecule has 0 spiro atoms. The molecule has 0 unspecified atom stereocenters. The molecule has 0 saturated carbocycles. The van der Waals surface area contributed by atoms with E-state index in [9.17, 15) is 4.79 Å². The van der Waals surface area contributed by atoms with Gasteiger partial charge in [-0.05, 0) is 42.0 Å². The number of hydrogen-bond acceptors (Lipinski definition) is 5. The highest BCUT2D eigenvalue weighted by Gasteiger charge is 2.11. The zero-order valence-corrected chi connectivity index (χ0v) is 17.3. The van der Waals surface area contributed by atoms with E-state index in [1.165, 1.54) is 15.5 Å². The SMILES string of the molecule is O=c1cc(COc2cccnc2)[nH]c2c(-c3ccc(Sc4ccccc4)cc3)cnn12. The van der Waals surface area contributed by atoms with Crippen molar-refractivity contribution in [3.05, 3.63) is 107 Å². The van der Waals surface area contributed by atoms with Gasteiger partial charge in [0.1, 0.15) is 18.0 Å². The number of rotatable bonds is 6. The lowest BCUT2D eigenvalue weighted by atomic mass is 10.1. The van der Waals surface area contributed by atoms with Gasteiger partial charge in [-0.2, -0.15) is 9.61 Å². The summed E-state index contributed by atoms with van der Waals surface area (Å²) in [6, 6.07) is 23.6. The van der Waals surface area contributed by atoms with Crippen LogP contribution in [0.1, 0.15) is 5.69 Å². The Hall–Kier alpha value is -3.84. The van der Waals surface area contributed by atoms with Gasteiger partial charge in [0.15, 0.2) is 0 Å². The third-order valence-electron chi connectivity index (χ3n) is 4.73. The molecule has 0 bridgehead atoms. The molecule has 5 aromatic rings. The van der Waals surface area contributed by atoms with Crippen molar-refractivity contribution in [3.8, 4) is 16.9 Å². The summed E-state index contributed by atoms with van der Waals surface area (Å²) in [6.07, 6.45) is 5.03. The predicted octanol–water partition coefficient (Wildman–Crippen LogP) is 4.81. The highest BCUT2D eigenvalue weighted by molar-refractivity contribution is 7.99. The number of hydrogen-bond donors (Lipinski definition) is 1. The van der Waals surface area contributed by atoms with Crippen LogP contribution in [0, 0.1) is 0 Å². The highest BCUT2D eigenvalue weighted by atomic mass is 32.2. The molecule has 3 aromatic heterocycles. The summed E-state index contributed by atoms with van der Waals surface area (Å²) in [5.41, 5.74) is 2.94. The van der Waals surface area contributed by atoms with Crippen LogP contribution in [0.2, 0.25) is 0 Å². The Balaban J connectivity index is 1.42. The van der Waals surface area contributed by atoms with Crippen LogP contribution in [-0.4, -0.2) is 19.6 Å². The molecule has 2 aromatic carbocycles. The first-order valence-electron chi connectivity index (χ1n) is 9.72. The largest absolute Gasteiger partial charge is 0.486 e. The molecular formula is C24H18N4O2S. The predicted molar refractivity (Wildman–Crippen MR) is 120 cm³/mol. The molecule has 31 heavy (non-hydrogen) atoms. The van der Waals surface area contributed by atoms with Crippen LogP contribution in [0.25, 0.3) is 16.8 Å². The minimum absolute atomic E-state index is 0.207. The Morgan fingerprint density at radius 2 is 1.74 bits per heavy atom. The smallest absolute Gasteiger partial charge is 0.274 e. The Kier molecular flexibility index (Phi) is 5.24. The first kappa shape index (κ1) is 19.1. The molecule has 3 heterocycles. The molecule has 152 valence electrons. The van der Waals surface area contributed by atoms with Crippen molar-refractivity contribution in [1.29, 1.82) is 0 Å². The van der Waals surface area contributed by atoms with Crippen molar-refractivity contribution in [3.63, 3.8) is 0 Å². The van der Waals surface area contributed by atoms with Crippen molar-refractivity contribution in [2.24, 2.45) is 0 Å². The van der Waals surface area contributed by atoms with Gasteiger partial charge in [-0.3, -0.25) is 9.78 Å². The van der Waals surface area contributed by atoms with Crippen molar-refractivity contribution in [2.45, 2.75) is 16.4 Å². The van der Waals surface area contributed by atoms with Crippen molar-refractivity contribution < 1.29 is 4.74 Å². The zero-order valence-electron chi connectivity index (χ0n) is 16.4. The minimum Gasteiger partial charge on any atom is -0.486 e. The first-order chi connectivity index (χ1) is 15.3. The average Bonchev–Trinajstić information content (AvgIpc) is 3.24. The molecule has 5 rings (SSSR count). The molecule has 0 radical (unpaired) electrons. The molecule has 0 aliphatic heterocycles. The molecule has 0 aliphatic carbocycles. The Morgan fingerprint density at radius 1 is 0.935 bits per heavy atom. The fourth-order valence-electron chi connectivity index (χ4n) is 3.24. The molecule has 0 amide bonds. The fourth-order valence-corrected chi connectivity index (χ4v) is 4.08. The average molecular weight is 427 g/mol. The zero-order chi connectivity index (χ0) is 21.0. The van der Waals surface area contributed by atoms with Gasteiger partial charge in [0.05, 0.1) is 18.1 Å². The van der Waals surface area contributed by atoms with Gasteiger partial charge in [0.25, 0.3) is 5.56 Å². The number of H-pyrrole nitrogens is 1. The van der Waals surface area contributed by atoms with E-state index < -0.39 is 0 Å². The number of fused-ring (bicyclic) bond motifs is 1. The highest BCUT2D eigenvalue weighted by Crippen LogP contribution is 2.30. The summed E-state index contributed by atoms with van der Waals surface area (Å²) in [4.78, 5) is 22.2. The number of pyridine rings is 1. The monoisotopic (exact) mass is 426 g/mol. The maximum Gasteiger partial charge on any atom is 0.274 e.